The summed E-state index contributed by atoms with van der Waals surface area (Å²) in [5, 5.41) is 9.32. The van der Waals surface area contributed by atoms with Crippen molar-refractivity contribution in [1.29, 1.82) is 0 Å². The van der Waals surface area contributed by atoms with Crippen LogP contribution in [0.4, 0.5) is 8.78 Å². The van der Waals surface area contributed by atoms with Crippen LogP contribution in [0.1, 0.15) is 12.5 Å². The molecule has 1 aromatic rings. The van der Waals surface area contributed by atoms with Gasteiger partial charge in [0.1, 0.15) is 5.75 Å². The van der Waals surface area contributed by atoms with Gasteiger partial charge in [0.2, 0.25) is 0 Å². The van der Waals surface area contributed by atoms with Crippen molar-refractivity contribution in [1.82, 2.24) is 4.90 Å². The van der Waals surface area contributed by atoms with Crippen molar-refractivity contribution in [2.75, 3.05) is 19.8 Å². The Bertz CT molecular complexity index is 476. The number of rotatable bonds is 5. The van der Waals surface area contributed by atoms with Crippen LogP contribution in [0.2, 0.25) is 5.02 Å². The average Bonchev–Trinajstić information content (AvgIpc) is 2.44. The van der Waals surface area contributed by atoms with Crippen molar-refractivity contribution in [3.8, 4) is 5.75 Å². The Morgan fingerprint density at radius 3 is 2.90 bits per heavy atom. The van der Waals surface area contributed by atoms with Gasteiger partial charge >= 0.3 is 6.61 Å². The Balaban J connectivity index is 2.03. The van der Waals surface area contributed by atoms with Gasteiger partial charge in [0.25, 0.3) is 0 Å². The predicted molar refractivity (Wildman–Crippen MR) is 74.8 cm³/mol. The highest BCUT2D eigenvalue weighted by molar-refractivity contribution is 6.32. The number of alkyl halides is 2. The number of aliphatic hydroxyl groups excluding tert-OH is 1. The van der Waals surface area contributed by atoms with E-state index in [-0.39, 0.29) is 29.5 Å². The molecule has 0 radical (unpaired) electrons. The molecule has 2 unspecified atom stereocenters. The Labute approximate surface area is 127 Å². The molecule has 0 aromatic heterocycles. The fourth-order valence-electron chi connectivity index (χ4n) is 2.27. The SMILES string of the molecule is CC1COC(CO)CN1Cc1ccc(OC(F)F)c(Cl)c1. The molecule has 0 saturated carbocycles. The lowest BCUT2D eigenvalue weighted by atomic mass is 10.1. The smallest absolute Gasteiger partial charge is 0.387 e. The van der Waals surface area contributed by atoms with Gasteiger partial charge in [-0.25, -0.2) is 0 Å². The van der Waals surface area contributed by atoms with Crippen LogP contribution in [0.25, 0.3) is 0 Å². The molecule has 1 aliphatic heterocycles. The molecule has 1 N–H and O–H groups in total. The maximum absolute atomic E-state index is 12.2. The van der Waals surface area contributed by atoms with Gasteiger partial charge < -0.3 is 14.6 Å². The van der Waals surface area contributed by atoms with Crippen molar-refractivity contribution < 1.29 is 23.4 Å². The van der Waals surface area contributed by atoms with Gasteiger partial charge in [0.05, 0.1) is 24.3 Å². The topological polar surface area (TPSA) is 41.9 Å². The zero-order valence-electron chi connectivity index (χ0n) is 11.6. The second-order valence-electron chi connectivity index (χ2n) is 5.06. The van der Waals surface area contributed by atoms with E-state index in [1.165, 1.54) is 6.07 Å². The van der Waals surface area contributed by atoms with Crippen LogP contribution >= 0.6 is 11.6 Å². The second-order valence-corrected chi connectivity index (χ2v) is 5.47. The summed E-state index contributed by atoms with van der Waals surface area (Å²) in [5.41, 5.74) is 0.895. The number of hydrogen-bond donors (Lipinski definition) is 1. The number of aliphatic hydroxyl groups is 1. The van der Waals surface area contributed by atoms with Crippen LogP contribution in [0.3, 0.4) is 0 Å². The van der Waals surface area contributed by atoms with E-state index in [1.54, 1.807) is 12.1 Å². The fourth-order valence-corrected chi connectivity index (χ4v) is 2.52. The lowest BCUT2D eigenvalue weighted by molar-refractivity contribution is -0.0805. The zero-order valence-corrected chi connectivity index (χ0v) is 12.4. The summed E-state index contributed by atoms with van der Waals surface area (Å²) in [4.78, 5) is 2.16. The summed E-state index contributed by atoms with van der Waals surface area (Å²) in [7, 11) is 0. The van der Waals surface area contributed by atoms with Crippen molar-refractivity contribution in [2.24, 2.45) is 0 Å². The van der Waals surface area contributed by atoms with E-state index < -0.39 is 6.61 Å². The van der Waals surface area contributed by atoms with Gasteiger partial charge in [-0.05, 0) is 24.6 Å². The Hall–Kier alpha value is -0.950. The highest BCUT2D eigenvalue weighted by Gasteiger charge is 2.25. The number of morpholine rings is 1. The third-order valence-corrected chi connectivity index (χ3v) is 3.73. The van der Waals surface area contributed by atoms with E-state index in [0.717, 1.165) is 5.56 Å². The number of ether oxygens (including phenoxy) is 2. The zero-order chi connectivity index (χ0) is 15.4. The molecule has 0 aliphatic carbocycles. The van der Waals surface area contributed by atoms with Crippen LogP contribution in [-0.4, -0.2) is 48.5 Å². The molecule has 0 bridgehead atoms. The molecule has 1 saturated heterocycles. The van der Waals surface area contributed by atoms with E-state index in [1.807, 2.05) is 6.92 Å². The number of benzene rings is 1. The first-order chi connectivity index (χ1) is 9.99. The molecule has 1 aliphatic rings. The van der Waals surface area contributed by atoms with Crippen LogP contribution in [0.15, 0.2) is 18.2 Å². The van der Waals surface area contributed by atoms with E-state index in [4.69, 9.17) is 21.4 Å². The number of nitrogens with zero attached hydrogens (tertiary/aromatic N) is 1. The first-order valence-electron chi connectivity index (χ1n) is 6.69. The maximum Gasteiger partial charge on any atom is 0.387 e. The van der Waals surface area contributed by atoms with E-state index in [2.05, 4.69) is 9.64 Å². The van der Waals surface area contributed by atoms with Gasteiger partial charge in [-0.1, -0.05) is 17.7 Å². The van der Waals surface area contributed by atoms with Crippen LogP contribution in [-0.2, 0) is 11.3 Å². The Morgan fingerprint density at radius 1 is 1.52 bits per heavy atom. The highest BCUT2D eigenvalue weighted by Crippen LogP contribution is 2.28. The number of hydrogen-bond acceptors (Lipinski definition) is 4. The standard InChI is InChI=1S/C14H18ClF2NO3/c1-9-8-20-11(7-19)6-18(9)5-10-2-3-13(12(15)4-10)21-14(16)17/h2-4,9,11,14,19H,5-8H2,1H3. The third kappa shape index (κ3) is 4.51. The summed E-state index contributed by atoms with van der Waals surface area (Å²) >= 11 is 5.94. The second kappa shape index (κ2) is 7.35. The fraction of sp³-hybridized carbons (Fsp3) is 0.571. The lowest BCUT2D eigenvalue weighted by Crippen LogP contribution is -2.48. The summed E-state index contributed by atoms with van der Waals surface area (Å²) in [6.07, 6.45) is -0.196. The minimum Gasteiger partial charge on any atom is -0.433 e. The summed E-state index contributed by atoms with van der Waals surface area (Å²) in [6.45, 7) is 0.887. The molecule has 7 heteroatoms. The van der Waals surface area contributed by atoms with Gasteiger partial charge in [0, 0.05) is 19.1 Å². The molecule has 2 atom stereocenters. The summed E-state index contributed by atoms with van der Waals surface area (Å²) in [5.74, 6) is -0.0290. The molecule has 0 spiro atoms. The van der Waals surface area contributed by atoms with Gasteiger partial charge in [-0.2, -0.15) is 8.78 Å². The van der Waals surface area contributed by atoms with Gasteiger partial charge in [0.15, 0.2) is 0 Å². The Kier molecular flexibility index (Phi) is 5.75. The van der Waals surface area contributed by atoms with E-state index in [0.29, 0.717) is 19.7 Å². The van der Waals surface area contributed by atoms with Crippen LogP contribution < -0.4 is 4.74 Å². The Morgan fingerprint density at radius 2 is 2.29 bits per heavy atom. The lowest BCUT2D eigenvalue weighted by Gasteiger charge is -2.37. The normalized spacial score (nSPS) is 23.5. The first-order valence-corrected chi connectivity index (χ1v) is 7.07. The number of halogens is 3. The molecular weight excluding hydrogens is 304 g/mol. The quantitative estimate of drug-likeness (QED) is 0.905. The van der Waals surface area contributed by atoms with E-state index in [9.17, 15) is 8.78 Å². The molecule has 0 amide bonds. The van der Waals surface area contributed by atoms with Gasteiger partial charge in [-0.15, -0.1) is 0 Å². The molecule has 1 heterocycles. The molecule has 2 rings (SSSR count). The predicted octanol–water partition coefficient (Wildman–Crippen LogP) is 2.52. The first kappa shape index (κ1) is 16.4. The average molecular weight is 322 g/mol. The molecule has 4 nitrogen and oxygen atoms in total. The summed E-state index contributed by atoms with van der Waals surface area (Å²) < 4.78 is 34.1. The van der Waals surface area contributed by atoms with Crippen molar-refractivity contribution >= 4 is 11.6 Å². The molecule has 21 heavy (non-hydrogen) atoms. The maximum atomic E-state index is 12.2. The van der Waals surface area contributed by atoms with Crippen molar-refractivity contribution in [2.45, 2.75) is 32.2 Å². The molecule has 118 valence electrons. The van der Waals surface area contributed by atoms with Crippen molar-refractivity contribution in [3.05, 3.63) is 28.8 Å². The monoisotopic (exact) mass is 321 g/mol. The van der Waals surface area contributed by atoms with Gasteiger partial charge in [-0.3, -0.25) is 4.90 Å². The van der Waals surface area contributed by atoms with Crippen LogP contribution in [0.5, 0.6) is 5.75 Å². The molecular formula is C14H18ClF2NO3. The summed E-state index contributed by atoms with van der Waals surface area (Å²) in [6, 6.07) is 4.98. The minimum atomic E-state index is -2.89. The highest BCUT2D eigenvalue weighted by atomic mass is 35.5. The van der Waals surface area contributed by atoms with Crippen molar-refractivity contribution in [3.63, 3.8) is 0 Å². The molecule has 1 fully saturated rings. The van der Waals surface area contributed by atoms with E-state index >= 15 is 0 Å². The van der Waals surface area contributed by atoms with Crippen LogP contribution in [0, 0.1) is 0 Å². The molecule has 1 aromatic carbocycles. The minimum absolute atomic E-state index is 0.0227. The third-order valence-electron chi connectivity index (χ3n) is 3.44. The largest absolute Gasteiger partial charge is 0.433 e.